The van der Waals surface area contributed by atoms with Gasteiger partial charge in [-0.2, -0.15) is 13.2 Å². The monoisotopic (exact) mass is 557 g/mol. The van der Waals surface area contributed by atoms with Gasteiger partial charge in [0.05, 0.1) is 17.7 Å². The Labute approximate surface area is 228 Å². The molecule has 1 fully saturated rings. The molecule has 0 unspecified atom stereocenters. The van der Waals surface area contributed by atoms with Crippen LogP contribution in [0.2, 0.25) is 5.02 Å². The van der Waals surface area contributed by atoms with Gasteiger partial charge in [0, 0.05) is 28.2 Å². The lowest BCUT2D eigenvalue weighted by Gasteiger charge is -2.34. The number of rotatable bonds is 6. The Balaban J connectivity index is 1.51. The van der Waals surface area contributed by atoms with Gasteiger partial charge in [-0.15, -0.1) is 11.3 Å². The zero-order valence-corrected chi connectivity index (χ0v) is 22.4. The van der Waals surface area contributed by atoms with E-state index in [9.17, 15) is 18.0 Å². The standard InChI is InChI=1S/C30H27ClF3NO2S/c1-37-25-16-13-20(19-11-14-22(15-12-19)30(32,33)34)17-21(25)18-35(23-7-3-2-4-8-23)29(36)28-27(31)24-9-5-6-10-26(24)38-28/h5-6,9-17,23H,2-4,7-8,18H2,1H3. The number of amides is 1. The van der Waals surface area contributed by atoms with Crippen LogP contribution in [0.1, 0.15) is 52.9 Å². The first kappa shape index (κ1) is 26.6. The molecule has 0 atom stereocenters. The Kier molecular flexibility index (Phi) is 7.68. The number of methoxy groups -OCH3 is 1. The van der Waals surface area contributed by atoms with Crippen LogP contribution in [0.5, 0.6) is 5.75 Å². The fourth-order valence-electron chi connectivity index (χ4n) is 5.16. The van der Waals surface area contributed by atoms with Crippen LogP contribution in [-0.4, -0.2) is 24.0 Å². The van der Waals surface area contributed by atoms with E-state index in [1.54, 1.807) is 13.2 Å². The summed E-state index contributed by atoms with van der Waals surface area (Å²) in [5.41, 5.74) is 1.51. The number of carbonyl (C=O) groups is 1. The number of alkyl halides is 3. The average molecular weight is 558 g/mol. The first-order chi connectivity index (χ1) is 18.3. The number of thiophene rings is 1. The summed E-state index contributed by atoms with van der Waals surface area (Å²) in [5, 5.41) is 1.34. The third-order valence-corrected chi connectivity index (χ3v) is 8.84. The lowest BCUT2D eigenvalue weighted by atomic mass is 9.93. The van der Waals surface area contributed by atoms with E-state index in [0.29, 0.717) is 27.8 Å². The molecule has 0 radical (unpaired) electrons. The normalized spacial score (nSPS) is 14.6. The van der Waals surface area contributed by atoms with Crippen LogP contribution in [0.4, 0.5) is 13.2 Å². The van der Waals surface area contributed by atoms with Gasteiger partial charge < -0.3 is 9.64 Å². The van der Waals surface area contributed by atoms with Crippen LogP contribution in [0.3, 0.4) is 0 Å². The topological polar surface area (TPSA) is 29.5 Å². The van der Waals surface area contributed by atoms with Crippen molar-refractivity contribution in [3.63, 3.8) is 0 Å². The number of hydrogen-bond acceptors (Lipinski definition) is 3. The molecule has 0 bridgehead atoms. The van der Waals surface area contributed by atoms with E-state index < -0.39 is 11.7 Å². The maximum Gasteiger partial charge on any atom is 0.416 e. The molecule has 0 saturated heterocycles. The number of hydrogen-bond donors (Lipinski definition) is 0. The van der Waals surface area contributed by atoms with Crippen molar-refractivity contribution < 1.29 is 22.7 Å². The number of halogens is 4. The van der Waals surface area contributed by atoms with Crippen molar-refractivity contribution in [2.24, 2.45) is 0 Å². The molecule has 0 aliphatic heterocycles. The van der Waals surface area contributed by atoms with Crippen LogP contribution in [0.25, 0.3) is 21.2 Å². The summed E-state index contributed by atoms with van der Waals surface area (Å²) in [6.07, 6.45) is 0.687. The van der Waals surface area contributed by atoms with Crippen LogP contribution in [0.15, 0.2) is 66.7 Å². The SMILES string of the molecule is COc1ccc(-c2ccc(C(F)(F)F)cc2)cc1CN(C(=O)c1sc2ccccc2c1Cl)C1CCCCC1. The van der Waals surface area contributed by atoms with Crippen LogP contribution in [-0.2, 0) is 12.7 Å². The van der Waals surface area contributed by atoms with Gasteiger partial charge in [-0.3, -0.25) is 4.79 Å². The highest BCUT2D eigenvalue weighted by Gasteiger charge is 2.31. The second-order valence-electron chi connectivity index (χ2n) is 9.57. The number of fused-ring (bicyclic) bond motifs is 1. The molecule has 4 aromatic rings. The van der Waals surface area contributed by atoms with Crippen molar-refractivity contribution in [3.05, 3.63) is 87.8 Å². The molecule has 38 heavy (non-hydrogen) atoms. The third kappa shape index (κ3) is 5.40. The molecule has 1 saturated carbocycles. The van der Waals surface area contributed by atoms with Crippen LogP contribution >= 0.6 is 22.9 Å². The summed E-state index contributed by atoms with van der Waals surface area (Å²) in [4.78, 5) is 16.5. The Hall–Kier alpha value is -3.03. The minimum atomic E-state index is -4.39. The molecule has 5 rings (SSSR count). The molecule has 1 amide bonds. The van der Waals surface area contributed by atoms with Crippen LogP contribution < -0.4 is 4.74 Å². The summed E-state index contributed by atoms with van der Waals surface area (Å²) in [7, 11) is 1.58. The van der Waals surface area contributed by atoms with Gasteiger partial charge in [-0.25, -0.2) is 0 Å². The first-order valence-electron chi connectivity index (χ1n) is 12.6. The molecule has 8 heteroatoms. The van der Waals surface area contributed by atoms with Crippen molar-refractivity contribution in [1.82, 2.24) is 4.90 Å². The average Bonchev–Trinajstić information content (AvgIpc) is 3.27. The van der Waals surface area contributed by atoms with E-state index in [-0.39, 0.29) is 11.9 Å². The maximum absolute atomic E-state index is 14.0. The van der Waals surface area contributed by atoms with Gasteiger partial charge in [0.1, 0.15) is 10.6 Å². The van der Waals surface area contributed by atoms with Crippen molar-refractivity contribution >= 4 is 38.9 Å². The van der Waals surface area contributed by atoms with Gasteiger partial charge in [-0.05, 0) is 54.3 Å². The molecule has 3 aromatic carbocycles. The number of carbonyl (C=O) groups excluding carboxylic acids is 1. The first-order valence-corrected chi connectivity index (χ1v) is 13.8. The molecule has 0 spiro atoms. The minimum absolute atomic E-state index is 0.0666. The van der Waals surface area contributed by atoms with Gasteiger partial charge in [0.2, 0.25) is 0 Å². The van der Waals surface area contributed by atoms with E-state index in [2.05, 4.69) is 0 Å². The minimum Gasteiger partial charge on any atom is -0.496 e. The van der Waals surface area contributed by atoms with Gasteiger partial charge in [0.15, 0.2) is 0 Å². The van der Waals surface area contributed by atoms with Crippen molar-refractivity contribution in [2.75, 3.05) is 7.11 Å². The molecular weight excluding hydrogens is 531 g/mol. The molecule has 1 aliphatic rings. The third-order valence-electron chi connectivity index (χ3n) is 7.17. The van der Waals surface area contributed by atoms with E-state index in [1.807, 2.05) is 41.3 Å². The highest BCUT2D eigenvalue weighted by molar-refractivity contribution is 7.21. The van der Waals surface area contributed by atoms with Crippen LogP contribution in [0, 0.1) is 0 Å². The number of nitrogens with zero attached hydrogens (tertiary/aromatic N) is 1. The predicted octanol–water partition coefficient (Wildman–Crippen LogP) is 9.22. The Morgan fingerprint density at radius 3 is 2.34 bits per heavy atom. The second kappa shape index (κ2) is 11.0. The lowest BCUT2D eigenvalue weighted by molar-refractivity contribution is -0.137. The van der Waals surface area contributed by atoms with E-state index in [0.717, 1.165) is 65.4 Å². The number of ether oxygens (including phenoxy) is 1. The van der Waals surface area contributed by atoms with E-state index in [1.165, 1.54) is 23.5 Å². The summed E-state index contributed by atoms with van der Waals surface area (Å²) < 4.78 is 45.8. The van der Waals surface area contributed by atoms with Crippen molar-refractivity contribution in [2.45, 2.75) is 50.9 Å². The zero-order valence-electron chi connectivity index (χ0n) is 20.9. The molecule has 3 nitrogen and oxygen atoms in total. The molecule has 1 aromatic heterocycles. The Bertz CT molecular complexity index is 1440. The fourth-order valence-corrected chi connectivity index (χ4v) is 6.63. The summed E-state index contributed by atoms with van der Waals surface area (Å²) >= 11 is 8.11. The van der Waals surface area contributed by atoms with Gasteiger partial charge in [0.25, 0.3) is 5.91 Å². The van der Waals surface area contributed by atoms with Crippen molar-refractivity contribution in [1.29, 1.82) is 0 Å². The Morgan fingerprint density at radius 2 is 1.68 bits per heavy atom. The summed E-state index contributed by atoms with van der Waals surface area (Å²) in [5.74, 6) is 0.516. The quantitative estimate of drug-likeness (QED) is 0.236. The van der Waals surface area contributed by atoms with Crippen molar-refractivity contribution in [3.8, 4) is 16.9 Å². The Morgan fingerprint density at radius 1 is 1.00 bits per heavy atom. The van der Waals surface area contributed by atoms with E-state index in [4.69, 9.17) is 16.3 Å². The van der Waals surface area contributed by atoms with Gasteiger partial charge in [-0.1, -0.05) is 67.3 Å². The van der Waals surface area contributed by atoms with E-state index >= 15 is 0 Å². The molecular formula is C30H27ClF3NO2S. The molecule has 0 N–H and O–H groups in total. The lowest BCUT2D eigenvalue weighted by Crippen LogP contribution is -2.40. The highest BCUT2D eigenvalue weighted by atomic mass is 35.5. The fraction of sp³-hybridized carbons (Fsp3) is 0.300. The molecule has 198 valence electrons. The molecule has 1 aliphatic carbocycles. The second-order valence-corrected chi connectivity index (χ2v) is 11.0. The smallest absolute Gasteiger partial charge is 0.416 e. The zero-order chi connectivity index (χ0) is 26.9. The summed E-state index contributed by atoms with van der Waals surface area (Å²) in [6, 6.07) is 18.4. The van der Waals surface area contributed by atoms with Gasteiger partial charge >= 0.3 is 6.18 Å². The highest BCUT2D eigenvalue weighted by Crippen LogP contribution is 2.38. The predicted molar refractivity (Wildman–Crippen MR) is 147 cm³/mol. The number of benzene rings is 3. The molecule has 1 heterocycles. The maximum atomic E-state index is 14.0. The summed E-state index contributed by atoms with van der Waals surface area (Å²) in [6.45, 7) is 0.311. The largest absolute Gasteiger partial charge is 0.496 e.